The van der Waals surface area contributed by atoms with Crippen LogP contribution in [-0.2, 0) is 20.6 Å². The van der Waals surface area contributed by atoms with Crippen molar-refractivity contribution in [1.82, 2.24) is 4.31 Å². The van der Waals surface area contributed by atoms with Gasteiger partial charge < -0.3 is 5.11 Å². The van der Waals surface area contributed by atoms with Gasteiger partial charge in [0.1, 0.15) is 6.54 Å². The molecule has 1 aromatic carbocycles. The fraction of sp³-hybridized carbons (Fsp3) is 0.429. The van der Waals surface area contributed by atoms with Gasteiger partial charge >= 0.3 is 5.97 Å². The van der Waals surface area contributed by atoms with Crippen LogP contribution in [0.1, 0.15) is 31.9 Å². The zero-order valence-corrected chi connectivity index (χ0v) is 13.0. The van der Waals surface area contributed by atoms with Crippen molar-refractivity contribution >= 4 is 16.0 Å². The monoisotopic (exact) mass is 310 g/mol. The first kappa shape index (κ1) is 17.1. The molecule has 0 bridgehead atoms. The third kappa shape index (κ3) is 4.55. The Hall–Kier alpha value is -1.91. The molecular weight excluding hydrogens is 292 g/mol. The molecule has 0 amide bonds. The molecule has 0 radical (unpaired) electrons. The average molecular weight is 310 g/mol. The predicted octanol–water partition coefficient (Wildman–Crippen LogP) is 1.57. The van der Waals surface area contributed by atoms with Crippen molar-refractivity contribution in [2.75, 3.05) is 6.54 Å². The van der Waals surface area contributed by atoms with Crippen LogP contribution < -0.4 is 0 Å². The number of benzene rings is 1. The molecule has 114 valence electrons. The first-order chi connectivity index (χ1) is 9.58. The molecule has 0 spiro atoms. The summed E-state index contributed by atoms with van der Waals surface area (Å²) >= 11 is 0. The van der Waals surface area contributed by atoms with E-state index in [1.807, 2.05) is 6.07 Å². The minimum atomic E-state index is -3.86. The van der Waals surface area contributed by atoms with Crippen LogP contribution in [-0.4, -0.2) is 35.9 Å². The number of carbonyl (C=O) groups is 1. The van der Waals surface area contributed by atoms with Crippen LogP contribution >= 0.6 is 0 Å². The van der Waals surface area contributed by atoms with E-state index in [1.165, 1.54) is 6.07 Å². The summed E-state index contributed by atoms with van der Waals surface area (Å²) in [5.41, 5.74) is -0.233. The molecule has 1 aromatic rings. The van der Waals surface area contributed by atoms with Gasteiger partial charge in [0.2, 0.25) is 10.0 Å². The highest BCUT2D eigenvalue weighted by atomic mass is 32.2. The summed E-state index contributed by atoms with van der Waals surface area (Å²) in [7, 11) is -3.86. The smallest absolute Gasteiger partial charge is 0.318 e. The molecule has 1 N–H and O–H groups in total. The number of sulfonamides is 1. The normalized spacial score (nSPS) is 12.1. The van der Waals surface area contributed by atoms with Gasteiger partial charge in [-0.3, -0.25) is 4.79 Å². The van der Waals surface area contributed by atoms with Crippen LogP contribution in [0.25, 0.3) is 0 Å². The molecule has 21 heavy (non-hydrogen) atoms. The molecular formula is C14H18N2O4S. The van der Waals surface area contributed by atoms with Crippen LogP contribution in [0, 0.1) is 11.3 Å². The van der Waals surface area contributed by atoms with Crippen molar-refractivity contribution < 1.29 is 18.3 Å². The molecule has 0 saturated heterocycles. The van der Waals surface area contributed by atoms with Crippen molar-refractivity contribution in [3.63, 3.8) is 0 Å². The zero-order valence-electron chi connectivity index (χ0n) is 12.2. The van der Waals surface area contributed by atoms with Gasteiger partial charge in [-0.1, -0.05) is 18.2 Å². The Morgan fingerprint density at radius 3 is 2.38 bits per heavy atom. The summed E-state index contributed by atoms with van der Waals surface area (Å²) in [5.74, 6) is -1.62. The van der Waals surface area contributed by atoms with Crippen LogP contribution in [0.4, 0.5) is 0 Å². The molecule has 0 atom stereocenters. The Kier molecular flexibility index (Phi) is 5.10. The number of carboxylic acid groups (broad SMARTS) is 1. The van der Waals surface area contributed by atoms with Crippen molar-refractivity contribution in [3.8, 4) is 6.07 Å². The zero-order chi connectivity index (χ0) is 16.3. The molecule has 6 nitrogen and oxygen atoms in total. The van der Waals surface area contributed by atoms with Crippen molar-refractivity contribution in [2.24, 2.45) is 0 Å². The van der Waals surface area contributed by atoms with Gasteiger partial charge in [0.25, 0.3) is 0 Å². The standard InChI is InChI=1S/C14H18N2O4S/c1-14(2,3)16(9-13(17)18)21(19,20)10-12-7-5-4-6-11(12)8-15/h4-7H,9-10H2,1-3H3,(H,17,18). The van der Waals surface area contributed by atoms with Gasteiger partial charge in [0.05, 0.1) is 17.4 Å². The largest absolute Gasteiger partial charge is 0.480 e. The topological polar surface area (TPSA) is 98.5 Å². The van der Waals surface area contributed by atoms with Crippen molar-refractivity contribution in [2.45, 2.75) is 32.1 Å². The van der Waals surface area contributed by atoms with Crippen LogP contribution in [0.3, 0.4) is 0 Å². The molecule has 0 saturated carbocycles. The van der Waals surface area contributed by atoms with Crippen molar-refractivity contribution in [3.05, 3.63) is 35.4 Å². The van der Waals surface area contributed by atoms with E-state index in [4.69, 9.17) is 10.4 Å². The predicted molar refractivity (Wildman–Crippen MR) is 77.9 cm³/mol. The maximum atomic E-state index is 12.5. The first-order valence-corrected chi connectivity index (χ1v) is 7.89. The molecule has 0 aliphatic rings. The van der Waals surface area contributed by atoms with Crippen molar-refractivity contribution in [1.29, 1.82) is 5.26 Å². The Balaban J connectivity index is 3.19. The number of hydrogen-bond donors (Lipinski definition) is 1. The highest BCUT2D eigenvalue weighted by Gasteiger charge is 2.34. The number of hydrogen-bond acceptors (Lipinski definition) is 4. The first-order valence-electron chi connectivity index (χ1n) is 6.28. The molecule has 1 rings (SSSR count). The Labute approximate surface area is 124 Å². The molecule has 0 heterocycles. The third-order valence-electron chi connectivity index (χ3n) is 2.84. The van der Waals surface area contributed by atoms with Gasteiger partial charge in [-0.25, -0.2) is 8.42 Å². The highest BCUT2D eigenvalue weighted by molar-refractivity contribution is 7.88. The quantitative estimate of drug-likeness (QED) is 0.890. The summed E-state index contributed by atoms with van der Waals surface area (Å²) in [4.78, 5) is 10.9. The Morgan fingerprint density at radius 1 is 1.33 bits per heavy atom. The maximum absolute atomic E-state index is 12.5. The van der Waals surface area contributed by atoms with E-state index in [1.54, 1.807) is 39.0 Å². The van der Waals surface area contributed by atoms with Gasteiger partial charge in [0, 0.05) is 5.54 Å². The van der Waals surface area contributed by atoms with Gasteiger partial charge in [-0.15, -0.1) is 0 Å². The van der Waals surface area contributed by atoms with E-state index in [9.17, 15) is 13.2 Å². The number of nitrogens with zero attached hydrogens (tertiary/aromatic N) is 2. The summed E-state index contributed by atoms with van der Waals surface area (Å²) in [6.45, 7) is 4.28. The van der Waals surface area contributed by atoms with E-state index in [-0.39, 0.29) is 5.56 Å². The lowest BCUT2D eigenvalue weighted by Gasteiger charge is -2.33. The molecule has 0 aliphatic carbocycles. The Morgan fingerprint density at radius 2 is 1.90 bits per heavy atom. The summed E-state index contributed by atoms with van der Waals surface area (Å²) in [6.07, 6.45) is 0. The van der Waals surface area contributed by atoms with Crippen LogP contribution in [0.5, 0.6) is 0 Å². The summed E-state index contributed by atoms with van der Waals surface area (Å²) in [6, 6.07) is 8.31. The minimum absolute atomic E-state index is 0.269. The molecule has 0 aromatic heterocycles. The second-order valence-corrected chi connectivity index (χ2v) is 7.49. The number of nitriles is 1. The van der Waals surface area contributed by atoms with E-state index in [0.717, 1.165) is 4.31 Å². The number of carboxylic acids is 1. The molecule has 7 heteroatoms. The molecule has 0 aliphatic heterocycles. The van der Waals surface area contributed by atoms with Crippen LogP contribution in [0.15, 0.2) is 24.3 Å². The number of rotatable bonds is 5. The fourth-order valence-corrected chi connectivity index (χ4v) is 3.85. The number of aliphatic carboxylic acids is 1. The lowest BCUT2D eigenvalue weighted by Crippen LogP contribution is -2.48. The highest BCUT2D eigenvalue weighted by Crippen LogP contribution is 2.22. The van der Waals surface area contributed by atoms with E-state index in [0.29, 0.717) is 5.56 Å². The lowest BCUT2D eigenvalue weighted by atomic mass is 10.1. The Bertz CT molecular complexity index is 669. The van der Waals surface area contributed by atoms with E-state index in [2.05, 4.69) is 0 Å². The summed E-state index contributed by atoms with van der Waals surface area (Å²) < 4.78 is 25.9. The van der Waals surface area contributed by atoms with Gasteiger partial charge in [-0.05, 0) is 32.4 Å². The molecule has 0 unspecified atom stereocenters. The van der Waals surface area contributed by atoms with E-state index >= 15 is 0 Å². The van der Waals surface area contributed by atoms with Gasteiger partial charge in [-0.2, -0.15) is 9.57 Å². The van der Waals surface area contributed by atoms with Crippen LogP contribution in [0.2, 0.25) is 0 Å². The average Bonchev–Trinajstić information content (AvgIpc) is 2.34. The van der Waals surface area contributed by atoms with Gasteiger partial charge in [0.15, 0.2) is 0 Å². The van der Waals surface area contributed by atoms with E-state index < -0.39 is 33.8 Å². The minimum Gasteiger partial charge on any atom is -0.480 e. The fourth-order valence-electron chi connectivity index (χ4n) is 1.91. The molecule has 0 fully saturated rings. The summed E-state index contributed by atoms with van der Waals surface area (Å²) in [5, 5.41) is 17.9. The second-order valence-electron chi connectivity index (χ2n) is 5.60. The SMILES string of the molecule is CC(C)(C)N(CC(=O)O)S(=O)(=O)Cc1ccccc1C#N. The third-order valence-corrected chi connectivity index (χ3v) is 4.86. The second kappa shape index (κ2) is 6.24. The maximum Gasteiger partial charge on any atom is 0.318 e. The lowest BCUT2D eigenvalue weighted by molar-refractivity contribution is -0.138.